The molecule has 0 spiro atoms. The molecule has 1 N–H and O–H groups in total. The van der Waals surface area contributed by atoms with E-state index in [2.05, 4.69) is 22.3 Å². The fourth-order valence-corrected chi connectivity index (χ4v) is 2.06. The summed E-state index contributed by atoms with van der Waals surface area (Å²) in [5.74, 6) is -0.325. The van der Waals surface area contributed by atoms with E-state index >= 15 is 0 Å². The fourth-order valence-electron chi connectivity index (χ4n) is 2.06. The third-order valence-electron chi connectivity index (χ3n) is 2.83. The minimum atomic E-state index is -0.325. The van der Waals surface area contributed by atoms with E-state index in [4.69, 9.17) is 0 Å². The minimum Gasteiger partial charge on any atom is -0.308 e. The van der Waals surface area contributed by atoms with Crippen molar-refractivity contribution in [1.82, 2.24) is 20.1 Å². The molecular weight excluding hydrogens is 231 g/mol. The van der Waals surface area contributed by atoms with Crippen LogP contribution >= 0.6 is 0 Å². The second-order valence-corrected chi connectivity index (χ2v) is 4.14. The maximum atomic E-state index is 13.2. The summed E-state index contributed by atoms with van der Waals surface area (Å²) in [6.07, 6.45) is 5.65. The molecule has 0 fully saturated rings. The van der Waals surface area contributed by atoms with Gasteiger partial charge in [-0.2, -0.15) is 5.10 Å². The van der Waals surface area contributed by atoms with Gasteiger partial charge in [0.1, 0.15) is 5.82 Å². The molecule has 0 radical (unpaired) electrons. The molecular formula is C13H17FN4. The quantitative estimate of drug-likeness (QED) is 0.881. The first-order valence-electron chi connectivity index (χ1n) is 6.05. The predicted octanol–water partition coefficient (Wildman–Crippen LogP) is 2.14. The number of hydrogen-bond acceptors (Lipinski definition) is 3. The second kappa shape index (κ2) is 5.73. The lowest BCUT2D eigenvalue weighted by Crippen LogP contribution is -2.22. The van der Waals surface area contributed by atoms with Gasteiger partial charge in [0.25, 0.3) is 0 Å². The van der Waals surface area contributed by atoms with Crippen molar-refractivity contribution in [3.05, 3.63) is 47.8 Å². The molecule has 0 saturated carbocycles. The van der Waals surface area contributed by atoms with E-state index in [1.165, 1.54) is 12.3 Å². The fraction of sp³-hybridized carbons (Fsp3) is 0.385. The van der Waals surface area contributed by atoms with Gasteiger partial charge in [-0.3, -0.25) is 9.67 Å². The monoisotopic (exact) mass is 248 g/mol. The van der Waals surface area contributed by atoms with Crippen molar-refractivity contribution in [2.75, 3.05) is 7.05 Å². The van der Waals surface area contributed by atoms with Crippen LogP contribution < -0.4 is 5.32 Å². The summed E-state index contributed by atoms with van der Waals surface area (Å²) in [6, 6.07) is 3.35. The van der Waals surface area contributed by atoms with E-state index in [9.17, 15) is 4.39 Å². The number of pyridine rings is 1. The van der Waals surface area contributed by atoms with Crippen LogP contribution in [0.25, 0.3) is 0 Å². The molecule has 2 aromatic heterocycles. The van der Waals surface area contributed by atoms with Gasteiger partial charge in [-0.15, -0.1) is 0 Å². The van der Waals surface area contributed by atoms with Crippen molar-refractivity contribution < 1.29 is 4.39 Å². The Labute approximate surface area is 106 Å². The molecule has 0 aliphatic heterocycles. The lowest BCUT2D eigenvalue weighted by atomic mass is 10.1. The molecule has 4 nitrogen and oxygen atoms in total. The van der Waals surface area contributed by atoms with Crippen LogP contribution in [0.15, 0.2) is 30.7 Å². The van der Waals surface area contributed by atoms with Gasteiger partial charge in [0.15, 0.2) is 0 Å². The molecule has 0 aliphatic carbocycles. The van der Waals surface area contributed by atoms with Crippen LogP contribution in [-0.4, -0.2) is 21.8 Å². The topological polar surface area (TPSA) is 42.7 Å². The largest absolute Gasteiger partial charge is 0.308 e. The molecule has 5 heteroatoms. The zero-order chi connectivity index (χ0) is 13.0. The highest BCUT2D eigenvalue weighted by atomic mass is 19.1. The van der Waals surface area contributed by atoms with Crippen LogP contribution in [0.3, 0.4) is 0 Å². The number of nitrogens with zero attached hydrogens (tertiary/aromatic N) is 3. The van der Waals surface area contributed by atoms with E-state index in [-0.39, 0.29) is 11.9 Å². The first-order valence-corrected chi connectivity index (χ1v) is 6.05. The minimum absolute atomic E-state index is 0.0951. The highest BCUT2D eigenvalue weighted by Crippen LogP contribution is 2.21. The number of hydrogen-bond donors (Lipinski definition) is 1. The Bertz CT molecular complexity index is 509. The molecule has 2 rings (SSSR count). The van der Waals surface area contributed by atoms with Gasteiger partial charge in [0.05, 0.1) is 17.9 Å². The number of nitrogens with one attached hydrogen (secondary N) is 1. The molecule has 0 amide bonds. The van der Waals surface area contributed by atoms with Crippen LogP contribution in [0.5, 0.6) is 0 Å². The zero-order valence-electron chi connectivity index (χ0n) is 10.6. The van der Waals surface area contributed by atoms with Crippen molar-refractivity contribution in [3.63, 3.8) is 0 Å². The third kappa shape index (κ3) is 2.56. The van der Waals surface area contributed by atoms with E-state index in [1.807, 2.05) is 17.8 Å². The summed E-state index contributed by atoms with van der Waals surface area (Å²) in [7, 11) is 1.85. The van der Waals surface area contributed by atoms with Gasteiger partial charge in [-0.1, -0.05) is 6.92 Å². The van der Waals surface area contributed by atoms with Gasteiger partial charge >= 0.3 is 0 Å². The number of aryl methyl sites for hydroxylation is 1. The maximum Gasteiger partial charge on any atom is 0.141 e. The smallest absolute Gasteiger partial charge is 0.141 e. The van der Waals surface area contributed by atoms with Crippen LogP contribution in [0.1, 0.15) is 30.6 Å². The SMILES string of the molecule is CCCn1nccc1C(NC)c1cncc(F)c1. The lowest BCUT2D eigenvalue weighted by molar-refractivity contribution is 0.531. The number of aromatic nitrogens is 3. The van der Waals surface area contributed by atoms with E-state index in [1.54, 1.807) is 12.4 Å². The van der Waals surface area contributed by atoms with Gasteiger partial charge in [0.2, 0.25) is 0 Å². The van der Waals surface area contributed by atoms with E-state index in [0.717, 1.165) is 24.2 Å². The third-order valence-corrected chi connectivity index (χ3v) is 2.83. The molecule has 1 unspecified atom stereocenters. The van der Waals surface area contributed by atoms with Crippen molar-refractivity contribution >= 4 is 0 Å². The summed E-state index contributed by atoms with van der Waals surface area (Å²) in [5.41, 5.74) is 1.82. The normalized spacial score (nSPS) is 12.6. The second-order valence-electron chi connectivity index (χ2n) is 4.14. The van der Waals surface area contributed by atoms with Crippen LogP contribution in [0.4, 0.5) is 4.39 Å². The predicted molar refractivity (Wildman–Crippen MR) is 67.6 cm³/mol. The van der Waals surface area contributed by atoms with Crippen LogP contribution in [0.2, 0.25) is 0 Å². The molecule has 18 heavy (non-hydrogen) atoms. The first kappa shape index (κ1) is 12.7. The van der Waals surface area contributed by atoms with Crippen molar-refractivity contribution in [1.29, 1.82) is 0 Å². The molecule has 0 bridgehead atoms. The molecule has 0 saturated heterocycles. The average molecular weight is 248 g/mol. The number of halogens is 1. The maximum absolute atomic E-state index is 13.2. The lowest BCUT2D eigenvalue weighted by Gasteiger charge is -2.18. The summed E-state index contributed by atoms with van der Waals surface area (Å²) >= 11 is 0. The molecule has 2 aromatic rings. The summed E-state index contributed by atoms with van der Waals surface area (Å²) < 4.78 is 15.2. The molecule has 96 valence electrons. The van der Waals surface area contributed by atoms with Gasteiger partial charge in [0, 0.05) is 18.9 Å². The Kier molecular flexibility index (Phi) is 4.04. The summed E-state index contributed by atoms with van der Waals surface area (Å²) in [6.45, 7) is 2.95. The standard InChI is InChI=1S/C13H17FN4/c1-3-6-18-12(4-5-17-18)13(15-2)10-7-11(14)9-16-8-10/h4-5,7-9,13,15H,3,6H2,1-2H3. The highest BCUT2D eigenvalue weighted by Gasteiger charge is 2.17. The summed E-state index contributed by atoms with van der Waals surface area (Å²) in [5, 5.41) is 7.46. The average Bonchev–Trinajstić information content (AvgIpc) is 2.79. The molecule has 2 heterocycles. The Morgan fingerprint density at radius 1 is 1.44 bits per heavy atom. The molecule has 0 aromatic carbocycles. The van der Waals surface area contributed by atoms with Crippen molar-refractivity contribution in [3.8, 4) is 0 Å². The molecule has 0 aliphatic rings. The zero-order valence-corrected chi connectivity index (χ0v) is 10.6. The van der Waals surface area contributed by atoms with Crippen LogP contribution in [-0.2, 0) is 6.54 Å². The Hall–Kier alpha value is -1.75. The first-order chi connectivity index (χ1) is 8.76. The Balaban J connectivity index is 2.36. The van der Waals surface area contributed by atoms with Crippen molar-refractivity contribution in [2.45, 2.75) is 25.9 Å². The van der Waals surface area contributed by atoms with Gasteiger partial charge in [-0.25, -0.2) is 4.39 Å². The molecule has 1 atom stereocenters. The summed E-state index contributed by atoms with van der Waals surface area (Å²) in [4.78, 5) is 3.89. The number of rotatable bonds is 5. The van der Waals surface area contributed by atoms with E-state index in [0.29, 0.717) is 0 Å². The van der Waals surface area contributed by atoms with Gasteiger partial charge < -0.3 is 5.32 Å². The van der Waals surface area contributed by atoms with Crippen LogP contribution in [0, 0.1) is 5.82 Å². The van der Waals surface area contributed by atoms with Crippen molar-refractivity contribution in [2.24, 2.45) is 0 Å². The highest BCUT2D eigenvalue weighted by molar-refractivity contribution is 5.25. The van der Waals surface area contributed by atoms with E-state index < -0.39 is 0 Å². The van der Waals surface area contributed by atoms with Gasteiger partial charge in [-0.05, 0) is 31.2 Å². The Morgan fingerprint density at radius 2 is 2.28 bits per heavy atom. The Morgan fingerprint density at radius 3 is 2.94 bits per heavy atom.